The lowest BCUT2D eigenvalue weighted by molar-refractivity contribution is 0.414. The van der Waals surface area contributed by atoms with E-state index in [9.17, 15) is 0 Å². The van der Waals surface area contributed by atoms with E-state index in [2.05, 4.69) is 23.3 Å². The van der Waals surface area contributed by atoms with Crippen molar-refractivity contribution in [2.45, 2.75) is 25.8 Å². The summed E-state index contributed by atoms with van der Waals surface area (Å²) in [6, 6.07) is 8.09. The number of thiazole rings is 1. The van der Waals surface area contributed by atoms with Crippen molar-refractivity contribution in [3.05, 3.63) is 46.6 Å². The van der Waals surface area contributed by atoms with E-state index in [1.54, 1.807) is 18.4 Å². The monoisotopic (exact) mass is 326 g/mol. The van der Waals surface area contributed by atoms with Crippen LogP contribution in [0.4, 0.5) is 5.13 Å². The van der Waals surface area contributed by atoms with Gasteiger partial charge in [0.15, 0.2) is 5.13 Å². The lowest BCUT2D eigenvalue weighted by atomic mass is 10.1. The summed E-state index contributed by atoms with van der Waals surface area (Å²) >= 11 is 1.60. The first-order valence-corrected chi connectivity index (χ1v) is 8.49. The van der Waals surface area contributed by atoms with Gasteiger partial charge >= 0.3 is 0 Å². The largest absolute Gasteiger partial charge is 0.497 e. The summed E-state index contributed by atoms with van der Waals surface area (Å²) in [6.07, 6.45) is 5.23. The van der Waals surface area contributed by atoms with Crippen LogP contribution >= 0.6 is 11.3 Å². The van der Waals surface area contributed by atoms with Crippen LogP contribution in [-0.4, -0.2) is 21.9 Å². The van der Waals surface area contributed by atoms with Crippen LogP contribution in [0.5, 0.6) is 5.75 Å². The van der Waals surface area contributed by atoms with Crippen LogP contribution in [0.3, 0.4) is 0 Å². The van der Waals surface area contributed by atoms with Crippen LogP contribution in [0.25, 0.3) is 11.3 Å². The zero-order valence-corrected chi connectivity index (χ0v) is 13.8. The lowest BCUT2D eigenvalue weighted by Gasteiger charge is -2.04. The molecular formula is C17H18N4OS. The minimum Gasteiger partial charge on any atom is -0.497 e. The maximum absolute atomic E-state index is 5.89. The molecule has 0 bridgehead atoms. The molecule has 0 aliphatic heterocycles. The third-order valence-corrected chi connectivity index (χ3v) is 5.07. The summed E-state index contributed by atoms with van der Waals surface area (Å²) in [5, 5.41) is 5.41. The van der Waals surface area contributed by atoms with Gasteiger partial charge in [0.05, 0.1) is 25.0 Å². The van der Waals surface area contributed by atoms with Gasteiger partial charge in [0.2, 0.25) is 0 Å². The van der Waals surface area contributed by atoms with Gasteiger partial charge in [-0.05, 0) is 37.0 Å². The smallest absolute Gasteiger partial charge is 0.180 e. The molecule has 2 heterocycles. The molecule has 118 valence electrons. The molecule has 6 heteroatoms. The third kappa shape index (κ3) is 2.70. The van der Waals surface area contributed by atoms with Crippen LogP contribution in [0.2, 0.25) is 0 Å². The van der Waals surface area contributed by atoms with Gasteiger partial charge in [0.25, 0.3) is 0 Å². The number of aryl methyl sites for hydroxylation is 2. The van der Waals surface area contributed by atoms with Crippen molar-refractivity contribution >= 4 is 16.5 Å². The summed E-state index contributed by atoms with van der Waals surface area (Å²) in [6.45, 7) is 0.742. The summed E-state index contributed by atoms with van der Waals surface area (Å²) in [4.78, 5) is 5.80. The van der Waals surface area contributed by atoms with Crippen molar-refractivity contribution in [2.75, 3.05) is 12.8 Å². The topological polar surface area (TPSA) is 66.0 Å². The minimum atomic E-state index is 0.644. The highest BCUT2D eigenvalue weighted by atomic mass is 32.1. The van der Waals surface area contributed by atoms with E-state index >= 15 is 0 Å². The molecular weight excluding hydrogens is 308 g/mol. The number of nitrogens with zero attached hydrogens (tertiary/aromatic N) is 3. The number of hydrogen-bond acceptors (Lipinski definition) is 5. The van der Waals surface area contributed by atoms with Crippen molar-refractivity contribution in [1.82, 2.24) is 14.8 Å². The minimum absolute atomic E-state index is 0.644. The summed E-state index contributed by atoms with van der Waals surface area (Å²) < 4.78 is 7.20. The van der Waals surface area contributed by atoms with E-state index in [-0.39, 0.29) is 0 Å². The number of rotatable bonds is 3. The third-order valence-electron chi connectivity index (χ3n) is 4.13. The van der Waals surface area contributed by atoms with E-state index in [1.165, 1.54) is 10.4 Å². The van der Waals surface area contributed by atoms with E-state index in [4.69, 9.17) is 15.6 Å². The van der Waals surface area contributed by atoms with Gasteiger partial charge in [0.1, 0.15) is 5.75 Å². The summed E-state index contributed by atoms with van der Waals surface area (Å²) in [5.41, 5.74) is 10.4. The van der Waals surface area contributed by atoms with Gasteiger partial charge in [0, 0.05) is 16.6 Å². The second kappa shape index (κ2) is 5.70. The number of hydrogen-bond donors (Lipinski definition) is 1. The summed E-state index contributed by atoms with van der Waals surface area (Å²) in [7, 11) is 1.68. The average molecular weight is 326 g/mol. The van der Waals surface area contributed by atoms with Crippen molar-refractivity contribution in [2.24, 2.45) is 0 Å². The Morgan fingerprint density at radius 1 is 1.26 bits per heavy atom. The number of nitrogens with two attached hydrogens (primary N) is 1. The van der Waals surface area contributed by atoms with Gasteiger partial charge in [-0.15, -0.1) is 11.3 Å². The highest BCUT2D eigenvalue weighted by molar-refractivity contribution is 7.15. The predicted molar refractivity (Wildman–Crippen MR) is 91.9 cm³/mol. The Labute approximate surface area is 138 Å². The first-order chi connectivity index (χ1) is 11.2. The van der Waals surface area contributed by atoms with Crippen molar-refractivity contribution in [3.63, 3.8) is 0 Å². The normalized spacial score (nSPS) is 13.3. The number of nitrogen functional groups attached to an aromatic ring is 1. The quantitative estimate of drug-likeness (QED) is 0.803. The molecule has 0 radical (unpaired) electrons. The second-order valence-corrected chi connectivity index (χ2v) is 6.83. The molecule has 0 saturated heterocycles. The molecule has 4 rings (SSSR count). The SMILES string of the molecule is COc1ccc(Cn2cc3c(n2)CCCc2sc(N)nc2-3)cc1. The second-order valence-electron chi connectivity index (χ2n) is 5.71. The first-order valence-electron chi connectivity index (χ1n) is 7.68. The molecule has 3 aromatic rings. The molecule has 5 nitrogen and oxygen atoms in total. The number of methoxy groups -OCH3 is 1. The van der Waals surface area contributed by atoms with E-state index in [1.807, 2.05) is 16.8 Å². The molecule has 23 heavy (non-hydrogen) atoms. The molecule has 1 aliphatic carbocycles. The standard InChI is InChI=1S/C17H18N4OS/c1-22-12-7-5-11(6-8-12)9-21-10-13-14(20-21)3-2-4-15-16(13)19-17(18)23-15/h5-8,10H,2-4,9H2,1H3,(H2,18,19). The van der Waals surface area contributed by atoms with Gasteiger partial charge in [-0.25, -0.2) is 4.98 Å². The lowest BCUT2D eigenvalue weighted by Crippen LogP contribution is -2.01. The Bertz CT molecular complexity index is 835. The molecule has 1 aromatic carbocycles. The van der Waals surface area contributed by atoms with Crippen LogP contribution in [0.15, 0.2) is 30.5 Å². The van der Waals surface area contributed by atoms with Crippen LogP contribution < -0.4 is 10.5 Å². The van der Waals surface area contributed by atoms with Gasteiger partial charge in [-0.2, -0.15) is 5.10 Å². The van der Waals surface area contributed by atoms with Crippen molar-refractivity contribution < 1.29 is 4.74 Å². The number of benzene rings is 1. The van der Waals surface area contributed by atoms with Crippen LogP contribution in [0.1, 0.15) is 22.6 Å². The van der Waals surface area contributed by atoms with E-state index in [0.29, 0.717) is 5.13 Å². The fraction of sp³-hybridized carbons (Fsp3) is 0.294. The van der Waals surface area contributed by atoms with Crippen LogP contribution in [0, 0.1) is 0 Å². The number of ether oxygens (including phenoxy) is 1. The Morgan fingerprint density at radius 2 is 2.09 bits per heavy atom. The fourth-order valence-electron chi connectivity index (χ4n) is 3.01. The highest BCUT2D eigenvalue weighted by Crippen LogP contribution is 2.35. The Morgan fingerprint density at radius 3 is 2.87 bits per heavy atom. The van der Waals surface area contributed by atoms with Crippen molar-refractivity contribution in [3.8, 4) is 17.0 Å². The first kappa shape index (κ1) is 14.3. The van der Waals surface area contributed by atoms with Crippen molar-refractivity contribution in [1.29, 1.82) is 0 Å². The van der Waals surface area contributed by atoms with Gasteiger partial charge in [-0.1, -0.05) is 12.1 Å². The highest BCUT2D eigenvalue weighted by Gasteiger charge is 2.21. The van der Waals surface area contributed by atoms with E-state index in [0.717, 1.165) is 48.5 Å². The van der Waals surface area contributed by atoms with Gasteiger partial charge < -0.3 is 10.5 Å². The molecule has 2 aromatic heterocycles. The molecule has 0 spiro atoms. The molecule has 0 unspecified atom stereocenters. The Hall–Kier alpha value is -2.34. The van der Waals surface area contributed by atoms with Gasteiger partial charge in [-0.3, -0.25) is 4.68 Å². The number of anilines is 1. The molecule has 0 atom stereocenters. The predicted octanol–water partition coefficient (Wildman–Crippen LogP) is 3.13. The van der Waals surface area contributed by atoms with E-state index < -0.39 is 0 Å². The maximum Gasteiger partial charge on any atom is 0.180 e. The molecule has 0 saturated carbocycles. The maximum atomic E-state index is 5.89. The zero-order chi connectivity index (χ0) is 15.8. The molecule has 1 aliphatic rings. The number of fused-ring (bicyclic) bond motifs is 3. The average Bonchev–Trinajstić information content (AvgIpc) is 3.08. The molecule has 0 amide bonds. The summed E-state index contributed by atoms with van der Waals surface area (Å²) in [5.74, 6) is 0.868. The number of aromatic nitrogens is 3. The zero-order valence-electron chi connectivity index (χ0n) is 13.0. The fourth-order valence-corrected chi connectivity index (χ4v) is 3.90. The molecule has 2 N–H and O–H groups in total. The Kier molecular flexibility index (Phi) is 3.53. The Balaban J connectivity index is 1.65. The van der Waals surface area contributed by atoms with Crippen LogP contribution in [-0.2, 0) is 19.4 Å². The molecule has 0 fully saturated rings.